The predicted molar refractivity (Wildman–Crippen MR) is 117 cm³/mol. The first kappa shape index (κ1) is 19.4. The van der Waals surface area contributed by atoms with Crippen LogP contribution < -0.4 is 11.0 Å². The van der Waals surface area contributed by atoms with Crippen molar-refractivity contribution in [1.29, 1.82) is 5.26 Å². The molecule has 0 unspecified atom stereocenters. The molecule has 0 aliphatic rings. The Balaban J connectivity index is 2.01. The number of aryl methyl sites for hydroxylation is 1. The topological polar surface area (TPSA) is 92.7 Å². The van der Waals surface area contributed by atoms with Crippen molar-refractivity contribution in [3.8, 4) is 11.8 Å². The molecule has 0 fully saturated rings. The molecular weight excluding hydrogens is 378 g/mol. The van der Waals surface area contributed by atoms with Gasteiger partial charge in [0.05, 0.1) is 39.9 Å². The summed E-state index contributed by atoms with van der Waals surface area (Å²) in [5.41, 5.74) is 3.52. The molecule has 150 valence electrons. The number of hydrogen-bond acceptors (Lipinski definition) is 4. The largest absolute Gasteiger partial charge is 0.333 e. The lowest BCUT2D eigenvalue weighted by atomic mass is 9.86. The molecule has 0 aliphatic heterocycles. The zero-order chi connectivity index (χ0) is 21.6. The van der Waals surface area contributed by atoms with Crippen molar-refractivity contribution in [3.63, 3.8) is 0 Å². The first-order chi connectivity index (χ1) is 14.2. The number of pyridine rings is 1. The van der Waals surface area contributed by atoms with Crippen LogP contribution in [-0.4, -0.2) is 20.0 Å². The fraction of sp³-hybridized carbons (Fsp3) is 0.217. The van der Waals surface area contributed by atoms with E-state index in [4.69, 9.17) is 0 Å². The number of fused-ring (bicyclic) bond motifs is 3. The van der Waals surface area contributed by atoms with Crippen molar-refractivity contribution in [2.45, 2.75) is 26.2 Å². The number of aromatic nitrogens is 3. The number of imidazole rings is 1. The van der Waals surface area contributed by atoms with Crippen molar-refractivity contribution < 1.29 is 4.79 Å². The van der Waals surface area contributed by atoms with Gasteiger partial charge in [0.1, 0.15) is 0 Å². The van der Waals surface area contributed by atoms with Crippen molar-refractivity contribution in [2.75, 3.05) is 5.32 Å². The third-order valence-corrected chi connectivity index (χ3v) is 5.33. The van der Waals surface area contributed by atoms with Gasteiger partial charge in [0.2, 0.25) is 5.91 Å². The Hall–Kier alpha value is -3.92. The van der Waals surface area contributed by atoms with Crippen molar-refractivity contribution in [3.05, 3.63) is 64.7 Å². The van der Waals surface area contributed by atoms with Crippen LogP contribution in [-0.2, 0) is 17.3 Å². The third-order valence-electron chi connectivity index (χ3n) is 5.33. The van der Waals surface area contributed by atoms with Crippen LogP contribution >= 0.6 is 0 Å². The molecule has 7 heteroatoms. The van der Waals surface area contributed by atoms with E-state index in [2.05, 4.69) is 16.4 Å². The van der Waals surface area contributed by atoms with E-state index in [9.17, 15) is 14.9 Å². The zero-order valence-electron chi connectivity index (χ0n) is 17.2. The maximum atomic E-state index is 13.1. The molecular formula is C23H21N5O2. The van der Waals surface area contributed by atoms with E-state index in [0.29, 0.717) is 22.4 Å². The van der Waals surface area contributed by atoms with Crippen LogP contribution in [0.2, 0.25) is 0 Å². The van der Waals surface area contributed by atoms with E-state index >= 15 is 0 Å². The number of rotatable bonds is 3. The van der Waals surface area contributed by atoms with E-state index in [1.165, 1.54) is 6.92 Å². The average Bonchev–Trinajstić information content (AvgIpc) is 2.98. The van der Waals surface area contributed by atoms with E-state index in [1.54, 1.807) is 28.4 Å². The molecule has 0 spiro atoms. The molecule has 2 aromatic carbocycles. The van der Waals surface area contributed by atoms with Gasteiger partial charge in [0.15, 0.2) is 0 Å². The maximum Gasteiger partial charge on any atom is 0.333 e. The molecule has 0 aliphatic carbocycles. The normalized spacial score (nSPS) is 11.6. The number of nitrogens with one attached hydrogen (secondary N) is 1. The highest BCUT2D eigenvalue weighted by atomic mass is 16.2. The summed E-state index contributed by atoms with van der Waals surface area (Å²) in [5.74, 6) is -0.171. The fourth-order valence-corrected chi connectivity index (χ4v) is 3.61. The number of hydrogen-bond donors (Lipinski definition) is 1. The Bertz CT molecular complexity index is 1400. The lowest BCUT2D eigenvalue weighted by Gasteiger charge is -2.16. The quantitative estimate of drug-likeness (QED) is 0.569. The summed E-state index contributed by atoms with van der Waals surface area (Å²) in [5, 5.41) is 12.9. The molecule has 0 atom stereocenters. The highest BCUT2D eigenvalue weighted by Crippen LogP contribution is 2.29. The summed E-state index contributed by atoms with van der Waals surface area (Å²) < 4.78 is 3.19. The Morgan fingerprint density at radius 1 is 1.17 bits per heavy atom. The third kappa shape index (κ3) is 3.03. The van der Waals surface area contributed by atoms with Gasteiger partial charge in [-0.1, -0.05) is 12.1 Å². The predicted octanol–water partition coefficient (Wildman–Crippen LogP) is 3.64. The molecule has 7 nitrogen and oxygen atoms in total. The lowest BCUT2D eigenvalue weighted by Crippen LogP contribution is -2.21. The van der Waals surface area contributed by atoms with Crippen LogP contribution in [0.1, 0.15) is 26.3 Å². The second-order valence-corrected chi connectivity index (χ2v) is 7.87. The van der Waals surface area contributed by atoms with Gasteiger partial charge < -0.3 is 5.32 Å². The van der Waals surface area contributed by atoms with Crippen LogP contribution in [0.25, 0.3) is 27.6 Å². The zero-order valence-corrected chi connectivity index (χ0v) is 17.2. The summed E-state index contributed by atoms with van der Waals surface area (Å²) in [6.45, 7) is 5.16. The molecule has 1 N–H and O–H groups in total. The van der Waals surface area contributed by atoms with Crippen LogP contribution in [0.5, 0.6) is 0 Å². The minimum Gasteiger partial charge on any atom is -0.326 e. The number of carbonyl (C=O) groups excluding carboxylic acids is 1. The van der Waals surface area contributed by atoms with Gasteiger partial charge in [-0.05, 0) is 49.7 Å². The Labute approximate surface area is 173 Å². The van der Waals surface area contributed by atoms with Gasteiger partial charge in [-0.3, -0.25) is 18.9 Å². The van der Waals surface area contributed by atoms with Crippen LogP contribution in [0.3, 0.4) is 0 Å². The summed E-state index contributed by atoms with van der Waals surface area (Å²) in [6.07, 6.45) is 1.68. The van der Waals surface area contributed by atoms with Crippen molar-refractivity contribution in [1.82, 2.24) is 14.1 Å². The first-order valence-electron chi connectivity index (χ1n) is 9.53. The summed E-state index contributed by atoms with van der Waals surface area (Å²) in [6, 6.07) is 15.2. The molecule has 0 saturated carbocycles. The van der Waals surface area contributed by atoms with Crippen molar-refractivity contribution >= 4 is 33.5 Å². The maximum absolute atomic E-state index is 13.1. The number of benzene rings is 2. The van der Waals surface area contributed by atoms with Crippen LogP contribution in [0.15, 0.2) is 53.5 Å². The second kappa shape index (κ2) is 6.85. The minimum absolute atomic E-state index is 0.171. The molecule has 0 saturated heterocycles. The van der Waals surface area contributed by atoms with Gasteiger partial charge in [-0.25, -0.2) is 4.79 Å². The van der Waals surface area contributed by atoms with E-state index in [0.717, 1.165) is 16.5 Å². The van der Waals surface area contributed by atoms with Gasteiger partial charge in [0, 0.05) is 25.0 Å². The molecule has 2 aromatic heterocycles. The average molecular weight is 399 g/mol. The highest BCUT2D eigenvalue weighted by molar-refractivity contribution is 6.05. The van der Waals surface area contributed by atoms with Gasteiger partial charge in [-0.2, -0.15) is 5.26 Å². The molecule has 0 radical (unpaired) electrons. The first-order valence-corrected chi connectivity index (χ1v) is 9.53. The Kier molecular flexibility index (Phi) is 4.43. The molecule has 4 aromatic rings. The summed E-state index contributed by atoms with van der Waals surface area (Å²) in [4.78, 5) is 29.1. The van der Waals surface area contributed by atoms with E-state index in [-0.39, 0.29) is 11.6 Å². The Morgan fingerprint density at radius 2 is 1.87 bits per heavy atom. The smallest absolute Gasteiger partial charge is 0.326 e. The minimum atomic E-state index is -0.619. The van der Waals surface area contributed by atoms with Gasteiger partial charge >= 0.3 is 5.69 Å². The van der Waals surface area contributed by atoms with Crippen LogP contribution in [0.4, 0.5) is 5.69 Å². The molecule has 4 rings (SSSR count). The van der Waals surface area contributed by atoms with Gasteiger partial charge in [0.25, 0.3) is 0 Å². The number of nitriles is 1. The standard InChI is InChI=1S/C23H21N5O2/c1-14(29)26-16-7-10-19-18(11-16)21-20(12-25-19)27(4)22(30)28(21)17-8-5-15(6-9-17)23(2,3)13-24/h5-12H,1-4H3,(H,26,29). The molecule has 1 amide bonds. The van der Waals surface area contributed by atoms with E-state index in [1.807, 2.05) is 50.2 Å². The SMILES string of the molecule is CC(=O)Nc1ccc2ncc3c(c2c1)n(-c1ccc(C(C)(C)C#N)cc1)c(=O)n3C. The number of anilines is 1. The molecule has 0 bridgehead atoms. The second-order valence-electron chi connectivity index (χ2n) is 7.87. The van der Waals surface area contributed by atoms with Gasteiger partial charge in [-0.15, -0.1) is 0 Å². The molecule has 2 heterocycles. The number of nitrogens with zero attached hydrogens (tertiary/aromatic N) is 4. The number of amides is 1. The summed E-state index contributed by atoms with van der Waals surface area (Å²) >= 11 is 0. The fourth-order valence-electron chi connectivity index (χ4n) is 3.61. The number of carbonyl (C=O) groups is 1. The highest BCUT2D eigenvalue weighted by Gasteiger charge is 2.21. The van der Waals surface area contributed by atoms with Crippen molar-refractivity contribution in [2.24, 2.45) is 7.05 Å². The lowest BCUT2D eigenvalue weighted by molar-refractivity contribution is -0.114. The Morgan fingerprint density at radius 3 is 2.50 bits per heavy atom. The van der Waals surface area contributed by atoms with Crippen LogP contribution in [0, 0.1) is 11.3 Å². The van der Waals surface area contributed by atoms with E-state index < -0.39 is 5.41 Å². The summed E-state index contributed by atoms with van der Waals surface area (Å²) in [7, 11) is 1.71. The molecule has 30 heavy (non-hydrogen) atoms. The monoisotopic (exact) mass is 399 g/mol.